The number of hydrogen-bond donors (Lipinski definition) is 1. The summed E-state index contributed by atoms with van der Waals surface area (Å²) in [5.74, 6) is 2.06. The summed E-state index contributed by atoms with van der Waals surface area (Å²) in [6.07, 6.45) is 18.3. The topological polar surface area (TPSA) is 63.6 Å². The van der Waals surface area contributed by atoms with Crippen LogP contribution >= 0.6 is 0 Å². The molecule has 0 bridgehead atoms. The highest BCUT2D eigenvalue weighted by atomic mass is 16.5. The highest BCUT2D eigenvalue weighted by molar-refractivity contribution is 5.91. The summed E-state index contributed by atoms with van der Waals surface area (Å²) in [5.41, 5.74) is 1.32. The van der Waals surface area contributed by atoms with Crippen LogP contribution in [0.1, 0.15) is 95.5 Å². The van der Waals surface area contributed by atoms with Crippen LogP contribution in [-0.2, 0) is 9.59 Å². The van der Waals surface area contributed by atoms with E-state index in [1.807, 2.05) is 12.1 Å². The maximum Gasteiger partial charge on any atom is 0.336 e. The van der Waals surface area contributed by atoms with E-state index in [2.05, 4.69) is 19.1 Å². The van der Waals surface area contributed by atoms with Crippen molar-refractivity contribution >= 4 is 11.9 Å². The van der Waals surface area contributed by atoms with Gasteiger partial charge in [0.2, 0.25) is 0 Å². The van der Waals surface area contributed by atoms with Crippen LogP contribution in [0.2, 0.25) is 0 Å². The Hall–Kier alpha value is -2.10. The molecule has 0 atom stereocenters. The number of benzene rings is 1. The van der Waals surface area contributed by atoms with E-state index in [0.717, 1.165) is 29.9 Å². The maximum absolute atomic E-state index is 11.6. The Morgan fingerprint density at radius 1 is 0.903 bits per heavy atom. The molecule has 1 aromatic rings. The Morgan fingerprint density at radius 2 is 1.52 bits per heavy atom. The van der Waals surface area contributed by atoms with Crippen LogP contribution in [0.4, 0.5) is 0 Å². The van der Waals surface area contributed by atoms with Gasteiger partial charge in [-0.15, -0.1) is 0 Å². The lowest BCUT2D eigenvalue weighted by Gasteiger charge is -2.38. The number of carboxylic acids is 1. The quantitative estimate of drug-likeness (QED) is 0.202. The zero-order valence-electron chi connectivity index (χ0n) is 18.9. The van der Waals surface area contributed by atoms with Crippen LogP contribution in [0.25, 0.3) is 0 Å². The van der Waals surface area contributed by atoms with Gasteiger partial charge in [0.15, 0.2) is 0 Å². The largest absolute Gasteiger partial charge is 0.478 e. The molecule has 2 aliphatic carbocycles. The van der Waals surface area contributed by atoms with Gasteiger partial charge < -0.3 is 9.84 Å². The van der Waals surface area contributed by atoms with Crippen molar-refractivity contribution in [2.75, 3.05) is 0 Å². The first-order valence-electron chi connectivity index (χ1n) is 12.3. The SMILES string of the molecule is CCCCCC1CCC(C2CCC(c3ccc(OC(=O)/C=C\C(=O)O)cc3)CC2)CC1. The van der Waals surface area contributed by atoms with Crippen LogP contribution in [0.5, 0.6) is 5.75 Å². The zero-order valence-corrected chi connectivity index (χ0v) is 18.9. The van der Waals surface area contributed by atoms with Crippen LogP contribution in [0, 0.1) is 17.8 Å². The Labute approximate surface area is 187 Å². The van der Waals surface area contributed by atoms with Crippen molar-refractivity contribution in [3.63, 3.8) is 0 Å². The second-order valence-corrected chi connectivity index (χ2v) is 9.55. The fraction of sp³-hybridized carbons (Fsp3) is 0.630. The lowest BCUT2D eigenvalue weighted by molar-refractivity contribution is -0.133. The third-order valence-electron chi connectivity index (χ3n) is 7.48. The van der Waals surface area contributed by atoms with E-state index in [4.69, 9.17) is 9.84 Å². The normalized spacial score (nSPS) is 26.6. The molecular formula is C27H38O4. The molecule has 0 unspecified atom stereocenters. The van der Waals surface area contributed by atoms with Gasteiger partial charge in [-0.25, -0.2) is 9.59 Å². The molecule has 2 saturated carbocycles. The molecule has 0 heterocycles. The number of unbranched alkanes of at least 4 members (excludes halogenated alkanes) is 2. The van der Waals surface area contributed by atoms with Gasteiger partial charge in [-0.1, -0.05) is 57.6 Å². The van der Waals surface area contributed by atoms with Gasteiger partial charge in [0, 0.05) is 12.2 Å². The first-order valence-corrected chi connectivity index (χ1v) is 12.3. The van der Waals surface area contributed by atoms with E-state index in [1.165, 1.54) is 82.6 Å². The standard InChI is InChI=1S/C27H38O4/c1-2-3-4-5-20-6-8-21(9-7-20)22-10-12-23(13-11-22)24-14-16-25(17-15-24)31-27(30)19-18-26(28)29/h14-23H,2-13H2,1H3,(H,28,29)/b19-18-. The summed E-state index contributed by atoms with van der Waals surface area (Å²) >= 11 is 0. The highest BCUT2D eigenvalue weighted by Gasteiger charge is 2.31. The van der Waals surface area contributed by atoms with E-state index < -0.39 is 11.9 Å². The monoisotopic (exact) mass is 426 g/mol. The minimum absolute atomic E-state index is 0.452. The second-order valence-electron chi connectivity index (χ2n) is 9.55. The smallest absolute Gasteiger partial charge is 0.336 e. The molecule has 170 valence electrons. The van der Waals surface area contributed by atoms with Crippen molar-refractivity contribution in [2.24, 2.45) is 17.8 Å². The zero-order chi connectivity index (χ0) is 22.1. The Morgan fingerprint density at radius 3 is 2.10 bits per heavy atom. The van der Waals surface area contributed by atoms with Gasteiger partial charge in [0.1, 0.15) is 5.75 Å². The second kappa shape index (κ2) is 12.1. The van der Waals surface area contributed by atoms with Crippen molar-refractivity contribution < 1.29 is 19.4 Å². The predicted molar refractivity (Wildman–Crippen MR) is 123 cm³/mol. The van der Waals surface area contributed by atoms with E-state index in [-0.39, 0.29) is 0 Å². The molecule has 31 heavy (non-hydrogen) atoms. The van der Waals surface area contributed by atoms with Crippen LogP contribution in [-0.4, -0.2) is 17.0 Å². The number of aliphatic carboxylic acids is 1. The fourth-order valence-electron chi connectivity index (χ4n) is 5.65. The molecule has 1 aromatic carbocycles. The van der Waals surface area contributed by atoms with Crippen molar-refractivity contribution in [1.29, 1.82) is 0 Å². The third kappa shape index (κ3) is 7.52. The summed E-state index contributed by atoms with van der Waals surface area (Å²) in [5, 5.41) is 8.57. The number of carbonyl (C=O) groups excluding carboxylic acids is 1. The Balaban J connectivity index is 1.41. The number of ether oxygens (including phenoxy) is 1. The van der Waals surface area contributed by atoms with Gasteiger partial charge in [-0.3, -0.25) is 0 Å². The number of esters is 1. The minimum atomic E-state index is -1.16. The summed E-state index contributed by atoms with van der Waals surface area (Å²) in [6.45, 7) is 2.29. The minimum Gasteiger partial charge on any atom is -0.478 e. The van der Waals surface area contributed by atoms with Gasteiger partial charge in [-0.2, -0.15) is 0 Å². The maximum atomic E-state index is 11.6. The molecule has 4 nitrogen and oxygen atoms in total. The molecule has 2 aliphatic rings. The number of hydrogen-bond acceptors (Lipinski definition) is 3. The molecule has 3 rings (SSSR count). The third-order valence-corrected chi connectivity index (χ3v) is 7.48. The van der Waals surface area contributed by atoms with E-state index in [9.17, 15) is 9.59 Å². The van der Waals surface area contributed by atoms with Gasteiger partial charge in [-0.05, 0) is 79.9 Å². The van der Waals surface area contributed by atoms with E-state index >= 15 is 0 Å². The van der Waals surface area contributed by atoms with E-state index in [0.29, 0.717) is 11.7 Å². The molecule has 0 saturated heterocycles. The average molecular weight is 427 g/mol. The first kappa shape index (κ1) is 23.6. The summed E-state index contributed by atoms with van der Waals surface area (Å²) < 4.78 is 5.15. The molecule has 0 spiro atoms. The molecule has 1 N–H and O–H groups in total. The predicted octanol–water partition coefficient (Wildman–Crippen LogP) is 6.89. The molecular weight excluding hydrogens is 388 g/mol. The number of carbonyl (C=O) groups is 2. The van der Waals surface area contributed by atoms with Crippen LogP contribution < -0.4 is 4.74 Å². The molecule has 2 fully saturated rings. The molecule has 4 heteroatoms. The van der Waals surface area contributed by atoms with Gasteiger partial charge >= 0.3 is 11.9 Å². The Kier molecular flexibility index (Phi) is 9.17. The molecule has 0 amide bonds. The fourth-order valence-corrected chi connectivity index (χ4v) is 5.65. The average Bonchev–Trinajstić information content (AvgIpc) is 2.79. The van der Waals surface area contributed by atoms with Crippen LogP contribution in [0.3, 0.4) is 0 Å². The van der Waals surface area contributed by atoms with Gasteiger partial charge in [0.05, 0.1) is 0 Å². The van der Waals surface area contributed by atoms with Crippen molar-refractivity contribution in [3.8, 4) is 5.75 Å². The van der Waals surface area contributed by atoms with Crippen molar-refractivity contribution in [2.45, 2.75) is 89.9 Å². The summed E-state index contributed by atoms with van der Waals surface area (Å²) in [4.78, 5) is 22.1. The summed E-state index contributed by atoms with van der Waals surface area (Å²) in [7, 11) is 0. The van der Waals surface area contributed by atoms with Crippen molar-refractivity contribution in [1.82, 2.24) is 0 Å². The lowest BCUT2D eigenvalue weighted by Crippen LogP contribution is -2.25. The van der Waals surface area contributed by atoms with Crippen LogP contribution in [0.15, 0.2) is 36.4 Å². The molecule has 0 aromatic heterocycles. The van der Waals surface area contributed by atoms with Crippen molar-refractivity contribution in [3.05, 3.63) is 42.0 Å². The molecule has 0 aliphatic heterocycles. The highest BCUT2D eigenvalue weighted by Crippen LogP contribution is 2.44. The molecule has 0 radical (unpaired) electrons. The summed E-state index contributed by atoms with van der Waals surface area (Å²) in [6, 6.07) is 7.73. The van der Waals surface area contributed by atoms with E-state index in [1.54, 1.807) is 0 Å². The lowest BCUT2D eigenvalue weighted by atomic mass is 9.68. The van der Waals surface area contributed by atoms with Gasteiger partial charge in [0.25, 0.3) is 0 Å². The first-order chi connectivity index (χ1) is 15.0. The number of rotatable bonds is 9. The Bertz CT molecular complexity index is 720. The number of carboxylic acid groups (broad SMARTS) is 1.